The lowest BCUT2D eigenvalue weighted by atomic mass is 9.90. The topological polar surface area (TPSA) is 20.3 Å². The molecule has 0 aromatic rings. The summed E-state index contributed by atoms with van der Waals surface area (Å²) in [4.78, 5) is 13.8. The Hall–Kier alpha value is -0.0500. The van der Waals surface area contributed by atoms with Crippen LogP contribution >= 0.6 is 15.9 Å². The van der Waals surface area contributed by atoms with E-state index in [0.29, 0.717) is 11.9 Å². The van der Waals surface area contributed by atoms with Gasteiger partial charge in [0.25, 0.3) is 0 Å². The third kappa shape index (κ3) is 2.70. The van der Waals surface area contributed by atoms with Gasteiger partial charge in [-0.15, -0.1) is 0 Å². The maximum atomic E-state index is 11.8. The Kier molecular flexibility index (Phi) is 4.23. The molecule has 1 amide bonds. The predicted octanol–water partition coefficient (Wildman–Crippen LogP) is 2.42. The Balaban J connectivity index is 2.50. The monoisotopic (exact) mass is 247 g/mol. The molecular formula is C10H18BrNO. The van der Waals surface area contributed by atoms with E-state index in [1.165, 1.54) is 19.3 Å². The van der Waals surface area contributed by atoms with Crippen molar-refractivity contribution < 1.29 is 4.79 Å². The Labute approximate surface area is 88.8 Å². The standard InChI is InChI=1S/C10H18BrNO/c1-8(2)10(13)12(7-6-11)9-4-3-5-9/h8-9H,3-7H2,1-2H3. The van der Waals surface area contributed by atoms with Crippen LogP contribution in [0.5, 0.6) is 0 Å². The molecule has 0 atom stereocenters. The second-order valence-corrected chi connectivity index (χ2v) is 4.75. The minimum Gasteiger partial charge on any atom is -0.339 e. The minimum absolute atomic E-state index is 0.139. The molecule has 13 heavy (non-hydrogen) atoms. The van der Waals surface area contributed by atoms with Crippen LogP contribution in [-0.4, -0.2) is 28.7 Å². The van der Waals surface area contributed by atoms with E-state index in [0.717, 1.165) is 11.9 Å². The molecule has 0 bridgehead atoms. The molecule has 0 saturated heterocycles. The molecule has 0 spiro atoms. The fourth-order valence-corrected chi connectivity index (χ4v) is 1.98. The number of hydrogen-bond donors (Lipinski definition) is 0. The largest absolute Gasteiger partial charge is 0.339 e. The van der Waals surface area contributed by atoms with Crippen molar-refractivity contribution in [1.29, 1.82) is 0 Å². The molecule has 1 aliphatic rings. The summed E-state index contributed by atoms with van der Waals surface area (Å²) in [6.45, 7) is 4.81. The summed E-state index contributed by atoms with van der Waals surface area (Å²) < 4.78 is 0. The summed E-state index contributed by atoms with van der Waals surface area (Å²) in [5, 5.41) is 0.891. The van der Waals surface area contributed by atoms with Crippen molar-refractivity contribution >= 4 is 21.8 Å². The maximum Gasteiger partial charge on any atom is 0.225 e. The fourth-order valence-electron chi connectivity index (χ4n) is 1.59. The first kappa shape index (κ1) is 11.0. The van der Waals surface area contributed by atoms with Crippen LogP contribution in [-0.2, 0) is 4.79 Å². The van der Waals surface area contributed by atoms with Crippen LogP contribution in [0.4, 0.5) is 0 Å². The lowest BCUT2D eigenvalue weighted by Crippen LogP contribution is -2.46. The number of nitrogens with zero attached hydrogens (tertiary/aromatic N) is 1. The van der Waals surface area contributed by atoms with Gasteiger partial charge in [0.2, 0.25) is 5.91 Å². The molecule has 0 aromatic heterocycles. The number of amides is 1. The van der Waals surface area contributed by atoms with E-state index in [1.54, 1.807) is 0 Å². The van der Waals surface area contributed by atoms with E-state index in [-0.39, 0.29) is 5.92 Å². The Morgan fingerprint density at radius 3 is 2.46 bits per heavy atom. The van der Waals surface area contributed by atoms with E-state index < -0.39 is 0 Å². The molecule has 2 nitrogen and oxygen atoms in total. The molecule has 0 aromatic carbocycles. The third-order valence-corrected chi connectivity index (χ3v) is 2.97. The number of rotatable bonds is 4. The molecule has 0 aliphatic heterocycles. The molecule has 1 saturated carbocycles. The zero-order chi connectivity index (χ0) is 9.84. The van der Waals surface area contributed by atoms with Gasteiger partial charge in [-0.1, -0.05) is 29.8 Å². The molecule has 1 fully saturated rings. The summed E-state index contributed by atoms with van der Waals surface area (Å²) in [6.07, 6.45) is 3.69. The van der Waals surface area contributed by atoms with Crippen molar-refractivity contribution in [1.82, 2.24) is 4.90 Å². The normalized spacial score (nSPS) is 17.2. The lowest BCUT2D eigenvalue weighted by molar-refractivity contribution is -0.138. The molecule has 0 radical (unpaired) electrons. The highest BCUT2D eigenvalue weighted by molar-refractivity contribution is 9.09. The van der Waals surface area contributed by atoms with Gasteiger partial charge in [-0.05, 0) is 19.3 Å². The van der Waals surface area contributed by atoms with Crippen molar-refractivity contribution in [2.45, 2.75) is 39.2 Å². The van der Waals surface area contributed by atoms with Crippen molar-refractivity contribution in [3.63, 3.8) is 0 Å². The van der Waals surface area contributed by atoms with Gasteiger partial charge < -0.3 is 4.90 Å². The van der Waals surface area contributed by atoms with E-state index >= 15 is 0 Å². The Morgan fingerprint density at radius 2 is 2.15 bits per heavy atom. The van der Waals surface area contributed by atoms with E-state index in [4.69, 9.17) is 0 Å². The van der Waals surface area contributed by atoms with Crippen molar-refractivity contribution in [3.8, 4) is 0 Å². The van der Waals surface area contributed by atoms with E-state index in [2.05, 4.69) is 15.9 Å². The van der Waals surface area contributed by atoms with Gasteiger partial charge in [-0.25, -0.2) is 0 Å². The zero-order valence-corrected chi connectivity index (χ0v) is 10.0. The van der Waals surface area contributed by atoms with Gasteiger partial charge in [0.1, 0.15) is 0 Å². The molecule has 0 N–H and O–H groups in total. The smallest absolute Gasteiger partial charge is 0.225 e. The number of carbonyl (C=O) groups excluding carboxylic acids is 1. The van der Waals surface area contributed by atoms with Gasteiger partial charge in [0.15, 0.2) is 0 Å². The van der Waals surface area contributed by atoms with Crippen LogP contribution in [0.1, 0.15) is 33.1 Å². The van der Waals surface area contributed by atoms with Crippen molar-refractivity contribution in [3.05, 3.63) is 0 Å². The number of halogens is 1. The molecule has 1 aliphatic carbocycles. The third-order valence-electron chi connectivity index (χ3n) is 2.62. The molecule has 76 valence electrons. The van der Waals surface area contributed by atoms with Gasteiger partial charge in [0, 0.05) is 23.8 Å². The lowest BCUT2D eigenvalue weighted by Gasteiger charge is -2.38. The highest BCUT2D eigenvalue weighted by atomic mass is 79.9. The van der Waals surface area contributed by atoms with Gasteiger partial charge in [-0.2, -0.15) is 0 Å². The summed E-state index contributed by atoms with van der Waals surface area (Å²) in [5.74, 6) is 0.448. The quantitative estimate of drug-likeness (QED) is 0.699. The first-order valence-corrected chi connectivity index (χ1v) is 6.15. The predicted molar refractivity (Wildman–Crippen MR) is 58.0 cm³/mol. The average Bonchev–Trinajstić information content (AvgIpc) is 1.99. The van der Waals surface area contributed by atoms with Gasteiger partial charge >= 0.3 is 0 Å². The Morgan fingerprint density at radius 1 is 1.54 bits per heavy atom. The number of hydrogen-bond acceptors (Lipinski definition) is 1. The fraction of sp³-hybridized carbons (Fsp3) is 0.900. The zero-order valence-electron chi connectivity index (χ0n) is 8.42. The van der Waals surface area contributed by atoms with E-state index in [9.17, 15) is 4.79 Å². The van der Waals surface area contributed by atoms with Crippen LogP contribution in [0.3, 0.4) is 0 Å². The average molecular weight is 248 g/mol. The summed E-state index contributed by atoms with van der Waals surface area (Å²) in [7, 11) is 0. The Bertz CT molecular complexity index is 178. The first-order valence-electron chi connectivity index (χ1n) is 5.03. The molecular weight excluding hydrogens is 230 g/mol. The van der Waals surface area contributed by atoms with Crippen LogP contribution in [0, 0.1) is 5.92 Å². The van der Waals surface area contributed by atoms with Gasteiger partial charge in [-0.3, -0.25) is 4.79 Å². The second-order valence-electron chi connectivity index (χ2n) is 3.96. The first-order chi connectivity index (χ1) is 6.16. The van der Waals surface area contributed by atoms with Crippen LogP contribution in [0.15, 0.2) is 0 Å². The second kappa shape index (κ2) is 4.99. The van der Waals surface area contributed by atoms with Gasteiger partial charge in [0.05, 0.1) is 0 Å². The minimum atomic E-state index is 0.139. The number of alkyl halides is 1. The SMILES string of the molecule is CC(C)C(=O)N(CCBr)C1CCC1. The maximum absolute atomic E-state index is 11.8. The van der Waals surface area contributed by atoms with Crippen LogP contribution in [0.2, 0.25) is 0 Å². The van der Waals surface area contributed by atoms with Crippen LogP contribution < -0.4 is 0 Å². The summed E-state index contributed by atoms with van der Waals surface area (Å²) in [5.41, 5.74) is 0. The van der Waals surface area contributed by atoms with Crippen LogP contribution in [0.25, 0.3) is 0 Å². The highest BCUT2D eigenvalue weighted by Gasteiger charge is 2.29. The highest BCUT2D eigenvalue weighted by Crippen LogP contribution is 2.25. The molecule has 0 heterocycles. The summed E-state index contributed by atoms with van der Waals surface area (Å²) in [6, 6.07) is 0.535. The van der Waals surface area contributed by atoms with E-state index in [1.807, 2.05) is 18.7 Å². The molecule has 1 rings (SSSR count). The molecule has 0 unspecified atom stereocenters. The van der Waals surface area contributed by atoms with Crippen molar-refractivity contribution in [2.24, 2.45) is 5.92 Å². The molecule has 3 heteroatoms. The summed E-state index contributed by atoms with van der Waals surface area (Å²) >= 11 is 3.40. The number of carbonyl (C=O) groups is 1. The van der Waals surface area contributed by atoms with Crippen molar-refractivity contribution in [2.75, 3.05) is 11.9 Å².